The molecular weight excluding hydrogens is 438 g/mol. The zero-order valence-electron chi connectivity index (χ0n) is 17.4. The molecule has 0 atom stereocenters. The molecule has 2 aromatic heterocycles. The summed E-state index contributed by atoms with van der Waals surface area (Å²) >= 11 is 6.31. The van der Waals surface area contributed by atoms with Gasteiger partial charge in [-0.15, -0.1) is 0 Å². The smallest absolute Gasteiger partial charge is 0.316 e. The highest BCUT2D eigenvalue weighted by molar-refractivity contribution is 6.34. The number of carbonyl (C=O) groups is 2. The van der Waals surface area contributed by atoms with Crippen LogP contribution in [-0.2, 0) is 11.3 Å². The van der Waals surface area contributed by atoms with Gasteiger partial charge in [-0.05, 0) is 49.7 Å². The van der Waals surface area contributed by atoms with Gasteiger partial charge < -0.3 is 10.2 Å². The molecule has 1 N–H and O–H groups in total. The number of rotatable bonds is 7. The van der Waals surface area contributed by atoms with Gasteiger partial charge in [0.05, 0.1) is 22.0 Å². The zero-order valence-corrected chi connectivity index (χ0v) is 18.2. The molecule has 1 aromatic carbocycles. The zero-order chi connectivity index (χ0) is 23.3. The van der Waals surface area contributed by atoms with E-state index in [2.05, 4.69) is 15.3 Å². The van der Waals surface area contributed by atoms with Crippen molar-refractivity contribution >= 4 is 29.1 Å². The molecule has 0 fully saturated rings. The van der Waals surface area contributed by atoms with E-state index >= 15 is 0 Å². The molecule has 166 valence electrons. The van der Waals surface area contributed by atoms with Crippen molar-refractivity contribution < 1.29 is 18.4 Å². The summed E-state index contributed by atoms with van der Waals surface area (Å²) in [4.78, 5) is 33.5. The molecule has 2 amide bonds. The van der Waals surface area contributed by atoms with Crippen molar-refractivity contribution in [3.8, 4) is 11.3 Å². The monoisotopic (exact) mass is 458 g/mol. The highest BCUT2D eigenvalue weighted by atomic mass is 35.5. The van der Waals surface area contributed by atoms with Crippen LogP contribution in [0.3, 0.4) is 0 Å². The minimum absolute atomic E-state index is 0.144. The molecule has 0 aliphatic rings. The van der Waals surface area contributed by atoms with E-state index < -0.39 is 18.4 Å². The Bertz CT molecular complexity index is 1090. The van der Waals surface area contributed by atoms with Crippen molar-refractivity contribution in [2.75, 3.05) is 4.90 Å². The number of aromatic nitrogens is 2. The molecule has 0 saturated heterocycles. The lowest BCUT2D eigenvalue weighted by Gasteiger charge is -2.27. The van der Waals surface area contributed by atoms with Crippen LogP contribution in [-0.4, -0.2) is 34.2 Å². The number of hydrogen-bond acceptors (Lipinski definition) is 4. The van der Waals surface area contributed by atoms with Crippen molar-refractivity contribution in [1.29, 1.82) is 0 Å². The van der Waals surface area contributed by atoms with Crippen LogP contribution in [0.15, 0.2) is 61.1 Å². The van der Waals surface area contributed by atoms with Crippen LogP contribution in [0.5, 0.6) is 0 Å². The molecule has 2 heterocycles. The number of nitrogens with zero attached hydrogens (tertiary/aromatic N) is 3. The Kier molecular flexibility index (Phi) is 7.48. The Balaban J connectivity index is 1.75. The van der Waals surface area contributed by atoms with Gasteiger partial charge in [0.1, 0.15) is 0 Å². The summed E-state index contributed by atoms with van der Waals surface area (Å²) in [6, 6.07) is 11.1. The maximum Gasteiger partial charge on any atom is 0.316 e. The number of anilines is 1. The minimum atomic E-state index is -3.13. The third kappa shape index (κ3) is 5.45. The van der Waals surface area contributed by atoms with Crippen LogP contribution in [0, 0.1) is 0 Å². The SMILES string of the molecule is CC(C)N(C(=O)C(F)F)c1ccc(-c2ccc(C(=O)NCc3cccnc3)cn2)cc1Cl. The molecule has 6 nitrogen and oxygen atoms in total. The molecule has 0 aliphatic carbocycles. The fourth-order valence-electron chi connectivity index (χ4n) is 3.10. The summed E-state index contributed by atoms with van der Waals surface area (Å²) in [5.74, 6) is -1.59. The maximum atomic E-state index is 13.0. The Morgan fingerprint density at radius 2 is 1.91 bits per heavy atom. The predicted molar refractivity (Wildman–Crippen MR) is 119 cm³/mol. The van der Waals surface area contributed by atoms with Gasteiger partial charge in [0.25, 0.3) is 11.8 Å². The Hall–Kier alpha value is -3.39. The molecule has 3 rings (SSSR count). The topological polar surface area (TPSA) is 75.2 Å². The van der Waals surface area contributed by atoms with Gasteiger partial charge in [-0.3, -0.25) is 19.6 Å². The number of pyridine rings is 2. The summed E-state index contributed by atoms with van der Waals surface area (Å²) < 4.78 is 25.9. The second-order valence-electron chi connectivity index (χ2n) is 7.24. The number of benzene rings is 1. The molecule has 0 spiro atoms. The third-order valence-corrected chi connectivity index (χ3v) is 4.95. The first-order valence-electron chi connectivity index (χ1n) is 9.82. The molecule has 0 radical (unpaired) electrons. The van der Waals surface area contributed by atoms with Gasteiger partial charge in [-0.2, -0.15) is 8.78 Å². The van der Waals surface area contributed by atoms with E-state index in [0.717, 1.165) is 10.5 Å². The Morgan fingerprint density at radius 1 is 1.12 bits per heavy atom. The Labute approximate surface area is 189 Å². The molecule has 0 unspecified atom stereocenters. The van der Waals surface area contributed by atoms with Gasteiger partial charge in [0.15, 0.2) is 0 Å². The fraction of sp³-hybridized carbons (Fsp3) is 0.217. The normalized spacial score (nSPS) is 11.0. The van der Waals surface area contributed by atoms with Crippen molar-refractivity contribution in [2.45, 2.75) is 32.9 Å². The van der Waals surface area contributed by atoms with Crippen molar-refractivity contribution in [1.82, 2.24) is 15.3 Å². The van der Waals surface area contributed by atoms with E-state index in [4.69, 9.17) is 11.6 Å². The molecule has 0 bridgehead atoms. The number of carbonyl (C=O) groups excluding carboxylic acids is 2. The first-order chi connectivity index (χ1) is 15.3. The lowest BCUT2D eigenvalue weighted by atomic mass is 10.1. The van der Waals surface area contributed by atoms with Crippen molar-refractivity contribution in [3.05, 3.63) is 77.2 Å². The number of alkyl halides is 2. The average molecular weight is 459 g/mol. The fourth-order valence-corrected chi connectivity index (χ4v) is 3.38. The van der Waals surface area contributed by atoms with Crippen LogP contribution in [0.2, 0.25) is 5.02 Å². The maximum absolute atomic E-state index is 13.0. The molecule has 0 aliphatic heterocycles. The number of nitrogens with one attached hydrogen (secondary N) is 1. The molecule has 32 heavy (non-hydrogen) atoms. The molecule has 9 heteroatoms. The predicted octanol–water partition coefficient (Wildman–Crippen LogP) is 4.73. The van der Waals surface area contributed by atoms with Crippen LogP contribution >= 0.6 is 11.6 Å². The standard InChI is InChI=1S/C23H21ClF2N4O2/c1-14(2)30(23(32)21(25)26)20-8-6-16(10-18(20)24)19-7-5-17(13-28-19)22(31)29-12-15-4-3-9-27-11-15/h3-11,13-14,21H,12H2,1-2H3,(H,29,31). The van der Waals surface area contributed by atoms with Gasteiger partial charge in [-0.1, -0.05) is 23.7 Å². The molecular formula is C23H21ClF2N4O2. The van der Waals surface area contributed by atoms with Crippen LogP contribution < -0.4 is 10.2 Å². The largest absolute Gasteiger partial charge is 0.348 e. The van der Waals surface area contributed by atoms with Crippen LogP contribution in [0.25, 0.3) is 11.3 Å². The number of amides is 2. The second kappa shape index (κ2) is 10.3. The summed E-state index contributed by atoms with van der Waals surface area (Å²) in [5, 5.41) is 2.94. The first kappa shape index (κ1) is 23.3. The lowest BCUT2D eigenvalue weighted by Crippen LogP contribution is -2.41. The quantitative estimate of drug-likeness (QED) is 0.555. The summed E-state index contributed by atoms with van der Waals surface area (Å²) in [5.41, 5.74) is 2.62. The number of halogens is 3. The van der Waals surface area contributed by atoms with Gasteiger partial charge >= 0.3 is 6.43 Å². The first-order valence-corrected chi connectivity index (χ1v) is 10.2. The minimum Gasteiger partial charge on any atom is -0.348 e. The van der Waals surface area contributed by atoms with Crippen molar-refractivity contribution in [3.63, 3.8) is 0 Å². The van der Waals surface area contributed by atoms with Crippen LogP contribution in [0.4, 0.5) is 14.5 Å². The Morgan fingerprint density at radius 3 is 2.47 bits per heavy atom. The third-order valence-electron chi connectivity index (χ3n) is 4.65. The van der Waals surface area contributed by atoms with E-state index in [9.17, 15) is 18.4 Å². The summed E-state index contributed by atoms with van der Waals surface area (Å²) in [6.07, 6.45) is 1.64. The van der Waals surface area contributed by atoms with E-state index in [1.54, 1.807) is 56.6 Å². The summed E-state index contributed by atoms with van der Waals surface area (Å²) in [7, 11) is 0. The van der Waals surface area contributed by atoms with Gasteiger partial charge in [-0.25, -0.2) is 0 Å². The molecule has 3 aromatic rings. The van der Waals surface area contributed by atoms with E-state index in [1.165, 1.54) is 12.3 Å². The van der Waals surface area contributed by atoms with Crippen LogP contribution in [0.1, 0.15) is 29.8 Å². The highest BCUT2D eigenvalue weighted by Crippen LogP contribution is 2.32. The highest BCUT2D eigenvalue weighted by Gasteiger charge is 2.28. The van der Waals surface area contributed by atoms with Gasteiger partial charge in [0, 0.05) is 36.7 Å². The second-order valence-corrected chi connectivity index (χ2v) is 7.65. The van der Waals surface area contributed by atoms with E-state index in [0.29, 0.717) is 23.4 Å². The van der Waals surface area contributed by atoms with E-state index in [-0.39, 0.29) is 16.6 Å². The van der Waals surface area contributed by atoms with E-state index in [1.807, 2.05) is 6.07 Å². The lowest BCUT2D eigenvalue weighted by molar-refractivity contribution is -0.129. The molecule has 0 saturated carbocycles. The van der Waals surface area contributed by atoms with Gasteiger partial charge in [0.2, 0.25) is 0 Å². The van der Waals surface area contributed by atoms with Crippen molar-refractivity contribution in [2.24, 2.45) is 0 Å². The summed E-state index contributed by atoms with van der Waals surface area (Å²) in [6.45, 7) is 3.60. The average Bonchev–Trinajstić information content (AvgIpc) is 2.79. The number of hydrogen-bond donors (Lipinski definition) is 1.